The Labute approximate surface area is 279 Å². The fourth-order valence-electron chi connectivity index (χ4n) is 8.12. The molecule has 0 radical (unpaired) electrons. The second-order valence-corrected chi connectivity index (χ2v) is 13.5. The van der Waals surface area contributed by atoms with Gasteiger partial charge >= 0.3 is 5.97 Å². The minimum atomic E-state index is -1.71. The third kappa shape index (κ3) is 5.71. The van der Waals surface area contributed by atoms with E-state index in [0.29, 0.717) is 18.4 Å². The van der Waals surface area contributed by atoms with E-state index in [1.165, 1.54) is 12.5 Å². The lowest BCUT2D eigenvalue weighted by Crippen LogP contribution is -2.60. The van der Waals surface area contributed by atoms with E-state index >= 15 is 0 Å². The molecule has 2 saturated carbocycles. The number of hydrogen-bond donors (Lipinski definition) is 9. The molecule has 274 valence electrons. The van der Waals surface area contributed by atoms with E-state index in [9.17, 15) is 50.8 Å². The highest BCUT2D eigenvalue weighted by Crippen LogP contribution is 2.61. The maximum Gasteiger partial charge on any atom is 0.337 e. The maximum absolute atomic E-state index is 13.8. The molecule has 5 fully saturated rings. The molecule has 49 heavy (non-hydrogen) atoms. The predicted octanol–water partition coefficient (Wildman–Crippen LogP) is -4.40. The summed E-state index contributed by atoms with van der Waals surface area (Å²) in [5, 5.41) is 91.2. The van der Waals surface area contributed by atoms with Crippen molar-refractivity contribution in [2.45, 2.75) is 105 Å². The van der Waals surface area contributed by atoms with Gasteiger partial charge in [-0.1, -0.05) is 12.2 Å². The molecule has 2 aliphatic carbocycles. The lowest BCUT2D eigenvalue weighted by Gasteiger charge is -2.43. The first kappa shape index (κ1) is 35.1. The molecular weight excluding hydrogens is 660 g/mol. The number of esters is 1. The monoisotopic (exact) mass is 702 g/mol. The smallest absolute Gasteiger partial charge is 0.337 e. The van der Waals surface area contributed by atoms with Gasteiger partial charge in [-0.15, -0.1) is 0 Å². The van der Waals surface area contributed by atoms with Gasteiger partial charge in [0.15, 0.2) is 12.6 Å². The zero-order valence-electron chi connectivity index (χ0n) is 26.1. The number of aliphatic hydroxyl groups is 9. The van der Waals surface area contributed by atoms with Crippen LogP contribution in [0.2, 0.25) is 0 Å². The highest BCUT2D eigenvalue weighted by atomic mass is 16.8. The lowest BCUT2D eigenvalue weighted by atomic mass is 9.85. The average Bonchev–Trinajstić information content (AvgIpc) is 3.62. The summed E-state index contributed by atoms with van der Waals surface area (Å²) < 4.78 is 46.2. The van der Waals surface area contributed by atoms with E-state index in [4.69, 9.17) is 37.9 Å². The number of epoxide rings is 1. The van der Waals surface area contributed by atoms with Crippen molar-refractivity contribution < 1.29 is 88.6 Å². The Bertz CT molecular complexity index is 1320. The molecule has 0 aromatic heterocycles. The molecule has 0 spiro atoms. The average molecular weight is 703 g/mol. The number of rotatable bonds is 9. The van der Waals surface area contributed by atoms with Crippen molar-refractivity contribution in [1.29, 1.82) is 0 Å². The fourth-order valence-corrected chi connectivity index (χ4v) is 8.12. The Kier molecular flexibility index (Phi) is 9.59. The third-order valence-corrected chi connectivity index (χ3v) is 10.9. The van der Waals surface area contributed by atoms with Crippen molar-refractivity contribution in [3.8, 4) is 0 Å². The molecule has 18 nitrogen and oxygen atoms in total. The third-order valence-electron chi connectivity index (χ3n) is 10.9. The van der Waals surface area contributed by atoms with Gasteiger partial charge in [0.1, 0.15) is 66.6 Å². The molecule has 0 bridgehead atoms. The van der Waals surface area contributed by atoms with Crippen LogP contribution in [-0.2, 0) is 42.7 Å². The Morgan fingerprint density at radius 1 is 0.837 bits per heavy atom. The van der Waals surface area contributed by atoms with Gasteiger partial charge in [-0.2, -0.15) is 0 Å². The number of carbonyl (C=O) groups excluding carboxylic acids is 1. The normalized spacial score (nSPS) is 51.5. The Morgan fingerprint density at radius 3 is 2.04 bits per heavy atom. The fraction of sp³-hybridized carbons (Fsp3) is 0.774. The van der Waals surface area contributed by atoms with Crippen LogP contribution >= 0.6 is 0 Å². The zero-order valence-corrected chi connectivity index (χ0v) is 26.1. The van der Waals surface area contributed by atoms with Crippen molar-refractivity contribution in [1.82, 2.24) is 0 Å². The van der Waals surface area contributed by atoms with E-state index in [1.54, 1.807) is 6.08 Å². The number of aliphatic hydroxyl groups excluding tert-OH is 9. The molecule has 7 rings (SSSR count). The van der Waals surface area contributed by atoms with Crippen LogP contribution in [0.3, 0.4) is 0 Å². The molecule has 0 unspecified atom stereocenters. The summed E-state index contributed by atoms with van der Waals surface area (Å²) >= 11 is 0. The second kappa shape index (κ2) is 13.4. The van der Waals surface area contributed by atoms with Crippen LogP contribution in [-0.4, -0.2) is 164 Å². The minimum absolute atomic E-state index is 0.182. The van der Waals surface area contributed by atoms with Gasteiger partial charge in [0.25, 0.3) is 0 Å². The quantitative estimate of drug-likeness (QED) is 0.0623. The number of ether oxygens (including phenoxy) is 8. The first-order valence-electron chi connectivity index (χ1n) is 16.2. The van der Waals surface area contributed by atoms with E-state index < -0.39 is 141 Å². The van der Waals surface area contributed by atoms with Gasteiger partial charge in [-0.25, -0.2) is 4.79 Å². The summed E-state index contributed by atoms with van der Waals surface area (Å²) in [6.45, 7) is 2.30. The Morgan fingerprint density at radius 2 is 1.45 bits per heavy atom. The molecular formula is C31H42O18. The van der Waals surface area contributed by atoms with E-state index in [0.717, 1.165) is 0 Å². The Balaban J connectivity index is 1.06. The van der Waals surface area contributed by atoms with Crippen molar-refractivity contribution in [2.75, 3.05) is 19.8 Å². The standard InChI is InChI=1S/C31H42O18/c1-10-2-3-11-13(8-43-27(16(10)11)47-29-22(39)20(37)18(35)14(6-32)44-29)26(41)46-24-12-4-5-42-28(17(12)31(9-34)25(24)49-31)48-30-23(40)21(38)19(36)15(7-33)45-30/h4-5,8,11-12,14-25,27-30,32-40H,1-3,6-7,9H2/t11-,12-,14-,15-,16+,17-,18-,19-,20+,21+,22-,23-,24+,25+,27+,28+,29+,30+,31-/m1/s1. The van der Waals surface area contributed by atoms with Gasteiger partial charge < -0.3 is 83.9 Å². The summed E-state index contributed by atoms with van der Waals surface area (Å²) in [5.74, 6) is -3.15. The lowest BCUT2D eigenvalue weighted by molar-refractivity contribution is -0.344. The molecule has 7 aliphatic rings. The number of hydrogen-bond acceptors (Lipinski definition) is 18. The molecule has 18 heteroatoms. The summed E-state index contributed by atoms with van der Waals surface area (Å²) in [6.07, 6.45) is -14.1. The van der Waals surface area contributed by atoms with Crippen LogP contribution in [0.1, 0.15) is 12.8 Å². The summed E-state index contributed by atoms with van der Waals surface area (Å²) in [6, 6.07) is 0. The van der Waals surface area contributed by atoms with Crippen LogP contribution in [0.5, 0.6) is 0 Å². The maximum atomic E-state index is 13.8. The van der Waals surface area contributed by atoms with Gasteiger partial charge in [-0.05, 0) is 18.9 Å². The topological polar surface area (TPSA) is 276 Å². The van der Waals surface area contributed by atoms with Crippen LogP contribution < -0.4 is 0 Å². The SMILES string of the molecule is C=C1CC[C@@H]2C(C(=O)O[C@H]3[C@@H]4C=CO[C@@H](O[C@@H]5O[C@H](CO)[C@@H](O)[C@H](O)[C@H]5O)[C@@H]4[C@@]4(CO)O[C@@H]34)=CO[C@@H](O[C@@H]3O[C@H](CO)[C@@H](O)[C@H](O)[C@H]3O)[C@@H]12. The van der Waals surface area contributed by atoms with Crippen molar-refractivity contribution in [3.63, 3.8) is 0 Å². The van der Waals surface area contributed by atoms with E-state index in [-0.39, 0.29) is 5.57 Å². The first-order chi connectivity index (χ1) is 23.4. The van der Waals surface area contributed by atoms with Crippen molar-refractivity contribution >= 4 is 5.97 Å². The zero-order chi connectivity index (χ0) is 34.9. The van der Waals surface area contributed by atoms with Crippen LogP contribution in [0.25, 0.3) is 0 Å². The van der Waals surface area contributed by atoms with Crippen molar-refractivity contribution in [3.05, 3.63) is 36.3 Å². The van der Waals surface area contributed by atoms with Gasteiger partial charge in [-0.3, -0.25) is 0 Å². The molecule has 3 saturated heterocycles. The minimum Gasteiger partial charge on any atom is -0.472 e. The molecule has 0 amide bonds. The predicted molar refractivity (Wildman–Crippen MR) is 154 cm³/mol. The highest BCUT2D eigenvalue weighted by molar-refractivity contribution is 5.89. The first-order valence-corrected chi connectivity index (χ1v) is 16.2. The largest absolute Gasteiger partial charge is 0.472 e. The van der Waals surface area contributed by atoms with E-state index in [1.807, 2.05) is 0 Å². The van der Waals surface area contributed by atoms with Gasteiger partial charge in [0.05, 0.1) is 43.8 Å². The van der Waals surface area contributed by atoms with Gasteiger partial charge in [0, 0.05) is 17.8 Å². The van der Waals surface area contributed by atoms with Crippen LogP contribution in [0.4, 0.5) is 0 Å². The van der Waals surface area contributed by atoms with Crippen LogP contribution in [0.15, 0.2) is 36.3 Å². The van der Waals surface area contributed by atoms with E-state index in [2.05, 4.69) is 6.58 Å². The molecule has 9 N–H and O–H groups in total. The number of carbonyl (C=O) groups is 1. The summed E-state index contributed by atoms with van der Waals surface area (Å²) in [4.78, 5) is 13.8. The molecule has 19 atom stereocenters. The number of fused-ring (bicyclic) bond motifs is 4. The molecule has 5 aliphatic heterocycles. The summed E-state index contributed by atoms with van der Waals surface area (Å²) in [5.41, 5.74) is -0.365. The van der Waals surface area contributed by atoms with Crippen LogP contribution in [0, 0.1) is 23.7 Å². The molecule has 5 heterocycles. The van der Waals surface area contributed by atoms with Gasteiger partial charge in [0.2, 0.25) is 12.6 Å². The molecule has 0 aromatic carbocycles. The molecule has 0 aromatic rings. The highest BCUT2D eigenvalue weighted by Gasteiger charge is 2.77. The van der Waals surface area contributed by atoms with Crippen molar-refractivity contribution in [2.24, 2.45) is 23.7 Å². The second-order valence-electron chi connectivity index (χ2n) is 13.5. The summed E-state index contributed by atoms with van der Waals surface area (Å²) in [7, 11) is 0. The Hall–Kier alpha value is -2.27.